The lowest BCUT2D eigenvalue weighted by Gasteiger charge is -2.09. The molecular formula is C16H13IN2OS. The van der Waals surface area contributed by atoms with E-state index in [1.54, 1.807) is 11.3 Å². The molecule has 0 atom stereocenters. The Morgan fingerprint density at radius 2 is 2.10 bits per heavy atom. The first-order valence-electron chi connectivity index (χ1n) is 6.62. The van der Waals surface area contributed by atoms with Crippen LogP contribution in [0.1, 0.15) is 13.3 Å². The summed E-state index contributed by atoms with van der Waals surface area (Å²) in [6.07, 6.45) is 0.464. The molecule has 3 aromatic rings. The number of nitrogens with one attached hydrogen (secondary N) is 1. The maximum Gasteiger partial charge on any atom is 0.224 e. The monoisotopic (exact) mass is 408 g/mol. The minimum atomic E-state index is 0.0126. The van der Waals surface area contributed by atoms with Crippen molar-refractivity contribution in [3.8, 4) is 10.6 Å². The van der Waals surface area contributed by atoms with Gasteiger partial charge in [0, 0.05) is 15.6 Å². The Morgan fingerprint density at radius 3 is 2.86 bits per heavy atom. The topological polar surface area (TPSA) is 42.0 Å². The van der Waals surface area contributed by atoms with Gasteiger partial charge in [0.15, 0.2) is 0 Å². The fraction of sp³-hybridized carbons (Fsp3) is 0.125. The molecule has 0 aliphatic carbocycles. The number of rotatable bonds is 3. The molecule has 0 saturated heterocycles. The van der Waals surface area contributed by atoms with Crippen molar-refractivity contribution in [1.29, 1.82) is 0 Å². The molecule has 1 aromatic heterocycles. The molecule has 1 heterocycles. The summed E-state index contributed by atoms with van der Waals surface area (Å²) in [5.74, 6) is 0.0126. The average molecular weight is 408 g/mol. The number of nitrogens with zero attached hydrogens (tertiary/aromatic N) is 1. The van der Waals surface area contributed by atoms with Gasteiger partial charge >= 0.3 is 0 Å². The smallest absolute Gasteiger partial charge is 0.224 e. The number of aromatic nitrogens is 1. The zero-order chi connectivity index (χ0) is 14.8. The summed E-state index contributed by atoms with van der Waals surface area (Å²) in [4.78, 5) is 16.4. The second-order valence-corrected chi connectivity index (χ2v) is 6.85. The fourth-order valence-electron chi connectivity index (χ4n) is 2.03. The Bertz CT molecular complexity index is 780. The highest BCUT2D eigenvalue weighted by molar-refractivity contribution is 14.1. The summed E-state index contributed by atoms with van der Waals surface area (Å²) in [6, 6.07) is 14.1. The Labute approximate surface area is 140 Å². The van der Waals surface area contributed by atoms with Crippen molar-refractivity contribution >= 4 is 55.7 Å². The van der Waals surface area contributed by atoms with Gasteiger partial charge in [-0.25, -0.2) is 4.98 Å². The van der Waals surface area contributed by atoms with Crippen molar-refractivity contribution in [2.45, 2.75) is 13.3 Å². The van der Waals surface area contributed by atoms with E-state index in [2.05, 4.69) is 45.0 Å². The Kier molecular flexibility index (Phi) is 4.21. The van der Waals surface area contributed by atoms with Crippen LogP contribution in [-0.2, 0) is 4.79 Å². The molecule has 0 radical (unpaired) electrons. The summed E-state index contributed by atoms with van der Waals surface area (Å²) < 4.78 is 2.27. The lowest BCUT2D eigenvalue weighted by molar-refractivity contribution is -0.115. The van der Waals surface area contributed by atoms with Crippen LogP contribution in [0.2, 0.25) is 0 Å². The van der Waals surface area contributed by atoms with Gasteiger partial charge in [0.25, 0.3) is 0 Å². The molecule has 106 valence electrons. The van der Waals surface area contributed by atoms with Gasteiger partial charge in [0.2, 0.25) is 5.91 Å². The highest BCUT2D eigenvalue weighted by atomic mass is 127. The van der Waals surface area contributed by atoms with Gasteiger partial charge < -0.3 is 5.32 Å². The number of amides is 1. The van der Waals surface area contributed by atoms with Crippen LogP contribution >= 0.6 is 33.9 Å². The van der Waals surface area contributed by atoms with E-state index in [0.717, 1.165) is 30.0 Å². The van der Waals surface area contributed by atoms with Crippen LogP contribution in [0.4, 0.5) is 5.69 Å². The van der Waals surface area contributed by atoms with E-state index in [1.165, 1.54) is 0 Å². The first-order valence-corrected chi connectivity index (χ1v) is 8.52. The number of hydrogen-bond donors (Lipinski definition) is 1. The summed E-state index contributed by atoms with van der Waals surface area (Å²) in [5, 5.41) is 3.89. The second-order valence-electron chi connectivity index (χ2n) is 4.58. The Morgan fingerprint density at radius 1 is 1.29 bits per heavy atom. The molecule has 3 nitrogen and oxygen atoms in total. The molecule has 0 spiro atoms. The minimum absolute atomic E-state index is 0.0126. The molecule has 0 bridgehead atoms. The highest BCUT2D eigenvalue weighted by Gasteiger charge is 2.12. The van der Waals surface area contributed by atoms with E-state index in [4.69, 9.17) is 0 Å². The lowest BCUT2D eigenvalue weighted by Crippen LogP contribution is -2.10. The molecule has 0 fully saturated rings. The summed E-state index contributed by atoms with van der Waals surface area (Å²) in [6.45, 7) is 1.85. The average Bonchev–Trinajstić information content (AvgIpc) is 2.92. The predicted octanol–water partition coefficient (Wildman–Crippen LogP) is 4.92. The van der Waals surface area contributed by atoms with Crippen molar-refractivity contribution < 1.29 is 4.79 Å². The number of carbonyl (C=O) groups is 1. The van der Waals surface area contributed by atoms with Gasteiger partial charge in [-0.3, -0.25) is 4.79 Å². The SMILES string of the molecule is CCC(=O)Nc1ccc(I)cc1-c1nc2ccccc2s1. The largest absolute Gasteiger partial charge is 0.325 e. The quantitative estimate of drug-likeness (QED) is 0.626. The van der Waals surface area contributed by atoms with Crippen LogP contribution in [0.3, 0.4) is 0 Å². The van der Waals surface area contributed by atoms with E-state index >= 15 is 0 Å². The number of anilines is 1. The Hall–Kier alpha value is -1.47. The van der Waals surface area contributed by atoms with Crippen LogP contribution < -0.4 is 5.32 Å². The van der Waals surface area contributed by atoms with Gasteiger partial charge in [-0.15, -0.1) is 11.3 Å². The third kappa shape index (κ3) is 3.08. The van der Waals surface area contributed by atoms with Crippen molar-refractivity contribution in [3.05, 3.63) is 46.0 Å². The number of carbonyl (C=O) groups excluding carboxylic acids is 1. The molecule has 21 heavy (non-hydrogen) atoms. The molecule has 0 aliphatic heterocycles. The normalized spacial score (nSPS) is 10.8. The molecule has 0 saturated carbocycles. The zero-order valence-electron chi connectivity index (χ0n) is 11.4. The van der Waals surface area contributed by atoms with E-state index in [0.29, 0.717) is 6.42 Å². The third-order valence-electron chi connectivity index (χ3n) is 3.10. The molecule has 0 aliphatic rings. The summed E-state index contributed by atoms with van der Waals surface area (Å²) in [7, 11) is 0. The van der Waals surface area contributed by atoms with Gasteiger partial charge in [0.1, 0.15) is 5.01 Å². The van der Waals surface area contributed by atoms with Crippen molar-refractivity contribution in [2.75, 3.05) is 5.32 Å². The van der Waals surface area contributed by atoms with E-state index in [9.17, 15) is 4.79 Å². The van der Waals surface area contributed by atoms with Gasteiger partial charge in [-0.05, 0) is 52.9 Å². The van der Waals surface area contributed by atoms with Crippen molar-refractivity contribution in [2.24, 2.45) is 0 Å². The first-order chi connectivity index (χ1) is 10.2. The highest BCUT2D eigenvalue weighted by Crippen LogP contribution is 2.35. The maximum atomic E-state index is 11.7. The van der Waals surface area contributed by atoms with E-state index < -0.39 is 0 Å². The van der Waals surface area contributed by atoms with Crippen LogP contribution in [0.25, 0.3) is 20.8 Å². The number of halogens is 1. The standard InChI is InChI=1S/C16H13IN2OS/c1-2-15(20)18-12-8-7-10(17)9-11(12)16-19-13-5-3-4-6-14(13)21-16/h3-9H,2H2,1H3,(H,18,20). The van der Waals surface area contributed by atoms with E-state index in [-0.39, 0.29) is 5.91 Å². The minimum Gasteiger partial charge on any atom is -0.325 e. The second kappa shape index (κ2) is 6.11. The molecule has 5 heteroatoms. The number of hydrogen-bond acceptors (Lipinski definition) is 3. The van der Waals surface area contributed by atoms with Gasteiger partial charge in [0.05, 0.1) is 15.9 Å². The number of benzene rings is 2. The summed E-state index contributed by atoms with van der Waals surface area (Å²) >= 11 is 3.92. The first kappa shape index (κ1) is 14.5. The van der Waals surface area contributed by atoms with Gasteiger partial charge in [-0.1, -0.05) is 19.1 Å². The molecular weight excluding hydrogens is 395 g/mol. The number of thiazole rings is 1. The Balaban J connectivity index is 2.11. The fourth-order valence-corrected chi connectivity index (χ4v) is 3.52. The third-order valence-corrected chi connectivity index (χ3v) is 4.84. The van der Waals surface area contributed by atoms with Crippen LogP contribution in [0, 0.1) is 3.57 Å². The zero-order valence-corrected chi connectivity index (χ0v) is 14.4. The summed E-state index contributed by atoms with van der Waals surface area (Å²) in [5.41, 5.74) is 2.79. The van der Waals surface area contributed by atoms with Crippen molar-refractivity contribution in [1.82, 2.24) is 4.98 Å². The van der Waals surface area contributed by atoms with E-state index in [1.807, 2.05) is 37.3 Å². The van der Waals surface area contributed by atoms with Crippen LogP contribution in [0.5, 0.6) is 0 Å². The molecule has 1 amide bonds. The number of fused-ring (bicyclic) bond motifs is 1. The maximum absolute atomic E-state index is 11.7. The lowest BCUT2D eigenvalue weighted by atomic mass is 10.2. The van der Waals surface area contributed by atoms with Gasteiger partial charge in [-0.2, -0.15) is 0 Å². The molecule has 2 aromatic carbocycles. The van der Waals surface area contributed by atoms with Crippen LogP contribution in [0.15, 0.2) is 42.5 Å². The molecule has 0 unspecified atom stereocenters. The van der Waals surface area contributed by atoms with Crippen LogP contribution in [-0.4, -0.2) is 10.9 Å². The number of para-hydroxylation sites is 1. The molecule has 3 rings (SSSR count). The molecule has 1 N–H and O–H groups in total. The predicted molar refractivity (Wildman–Crippen MR) is 96.7 cm³/mol. The van der Waals surface area contributed by atoms with Crippen molar-refractivity contribution in [3.63, 3.8) is 0 Å².